The first kappa shape index (κ1) is 15.9. The number of anilines is 2. The molecular weight excluding hydrogens is 314 g/mol. The third-order valence-electron chi connectivity index (χ3n) is 3.57. The molecule has 126 valence electrons. The van der Waals surface area contributed by atoms with Gasteiger partial charge in [-0.15, -0.1) is 0 Å². The van der Waals surface area contributed by atoms with Gasteiger partial charge in [-0.05, 0) is 25.0 Å². The fraction of sp³-hybridized carbons (Fsp3) is 0.312. The molecule has 2 amide bonds. The van der Waals surface area contributed by atoms with Crippen molar-refractivity contribution in [2.75, 3.05) is 24.9 Å². The Morgan fingerprint density at radius 2 is 2.00 bits per heavy atom. The smallest absolute Gasteiger partial charge is 0.302 e. The number of nitrogens with one attached hydrogen (secondary N) is 2. The van der Waals surface area contributed by atoms with E-state index in [0.717, 1.165) is 12.8 Å². The van der Waals surface area contributed by atoms with Crippen molar-refractivity contribution in [1.29, 1.82) is 0 Å². The number of methoxy groups -OCH3 is 2. The number of ether oxygens (including phenoxy) is 2. The minimum absolute atomic E-state index is 0.0127. The summed E-state index contributed by atoms with van der Waals surface area (Å²) < 4.78 is 15.4. The van der Waals surface area contributed by atoms with E-state index in [-0.39, 0.29) is 23.5 Å². The van der Waals surface area contributed by atoms with Gasteiger partial charge in [-0.25, -0.2) is 0 Å². The summed E-state index contributed by atoms with van der Waals surface area (Å²) in [6.45, 7) is 0. The second kappa shape index (κ2) is 6.61. The van der Waals surface area contributed by atoms with Crippen molar-refractivity contribution in [3.63, 3.8) is 0 Å². The predicted molar refractivity (Wildman–Crippen MR) is 85.4 cm³/mol. The lowest BCUT2D eigenvalue weighted by Crippen LogP contribution is -2.15. The summed E-state index contributed by atoms with van der Waals surface area (Å²) in [5.41, 5.74) is 0.522. The van der Waals surface area contributed by atoms with E-state index in [1.807, 2.05) is 0 Å². The Balaban J connectivity index is 1.68. The molecule has 0 aliphatic heterocycles. The highest BCUT2D eigenvalue weighted by atomic mass is 16.5. The first-order valence-corrected chi connectivity index (χ1v) is 7.40. The zero-order valence-corrected chi connectivity index (χ0v) is 13.3. The number of carbonyl (C=O) groups excluding carboxylic acids is 2. The maximum Gasteiger partial charge on any atom is 0.302 e. The van der Waals surface area contributed by atoms with Gasteiger partial charge in [0.2, 0.25) is 5.91 Å². The molecule has 2 N–H and O–H groups in total. The van der Waals surface area contributed by atoms with Crippen LogP contribution in [0.25, 0.3) is 0 Å². The van der Waals surface area contributed by atoms with Crippen molar-refractivity contribution < 1.29 is 23.5 Å². The van der Waals surface area contributed by atoms with E-state index in [4.69, 9.17) is 13.9 Å². The van der Waals surface area contributed by atoms with Gasteiger partial charge in [0, 0.05) is 12.0 Å². The maximum absolute atomic E-state index is 12.2. The Morgan fingerprint density at radius 3 is 2.67 bits per heavy atom. The average molecular weight is 331 g/mol. The molecule has 1 aromatic heterocycles. The molecule has 0 unspecified atom stereocenters. The van der Waals surface area contributed by atoms with E-state index < -0.39 is 5.91 Å². The number of hydrogen-bond donors (Lipinski definition) is 2. The minimum Gasteiger partial charge on any atom is -0.497 e. The van der Waals surface area contributed by atoms with Gasteiger partial charge in [0.1, 0.15) is 17.8 Å². The first-order chi connectivity index (χ1) is 11.6. The third-order valence-corrected chi connectivity index (χ3v) is 3.57. The van der Waals surface area contributed by atoms with Crippen molar-refractivity contribution in [2.45, 2.75) is 12.8 Å². The second-order valence-corrected chi connectivity index (χ2v) is 5.32. The summed E-state index contributed by atoms with van der Waals surface area (Å²) in [5, 5.41) is 5.22. The van der Waals surface area contributed by atoms with Crippen LogP contribution in [0, 0.1) is 5.92 Å². The summed E-state index contributed by atoms with van der Waals surface area (Å²) in [6.07, 6.45) is 2.93. The quantitative estimate of drug-likeness (QED) is 0.842. The minimum atomic E-state index is -0.478. The van der Waals surface area contributed by atoms with Crippen molar-refractivity contribution in [3.05, 3.63) is 30.2 Å². The maximum atomic E-state index is 12.2. The Morgan fingerprint density at radius 1 is 1.21 bits per heavy atom. The van der Waals surface area contributed by atoms with Crippen molar-refractivity contribution in [1.82, 2.24) is 4.98 Å². The molecule has 1 aromatic carbocycles. The van der Waals surface area contributed by atoms with Gasteiger partial charge in [-0.1, -0.05) is 0 Å². The standard InChI is InChI=1S/C16H17N3O5/c1-22-10-5-6-11(13(7-10)23-2)17-15(21)12-8-24-16(18-12)19-14(20)9-3-4-9/h5-9H,3-4H2,1-2H3,(H,17,21)(H,18,19,20). The van der Waals surface area contributed by atoms with Gasteiger partial charge in [0.15, 0.2) is 5.69 Å². The molecule has 3 rings (SSSR count). The van der Waals surface area contributed by atoms with Crippen LogP contribution >= 0.6 is 0 Å². The lowest BCUT2D eigenvalue weighted by Gasteiger charge is -2.10. The topological polar surface area (TPSA) is 103 Å². The van der Waals surface area contributed by atoms with Crippen LogP contribution in [0.4, 0.5) is 11.7 Å². The normalized spacial score (nSPS) is 13.2. The highest BCUT2D eigenvalue weighted by Gasteiger charge is 2.30. The first-order valence-electron chi connectivity index (χ1n) is 7.40. The average Bonchev–Trinajstić information content (AvgIpc) is 3.35. The molecule has 0 atom stereocenters. The van der Waals surface area contributed by atoms with E-state index in [1.54, 1.807) is 25.3 Å². The van der Waals surface area contributed by atoms with Crippen LogP contribution in [0.15, 0.2) is 28.9 Å². The number of amides is 2. The van der Waals surface area contributed by atoms with Crippen LogP contribution in [0.5, 0.6) is 11.5 Å². The fourth-order valence-electron chi connectivity index (χ4n) is 2.08. The summed E-state index contributed by atoms with van der Waals surface area (Å²) in [7, 11) is 3.03. The van der Waals surface area contributed by atoms with Crippen molar-refractivity contribution in [2.24, 2.45) is 5.92 Å². The van der Waals surface area contributed by atoms with Crippen LogP contribution in [0.2, 0.25) is 0 Å². The van der Waals surface area contributed by atoms with Crippen LogP contribution in [-0.4, -0.2) is 31.0 Å². The highest BCUT2D eigenvalue weighted by Crippen LogP contribution is 2.31. The monoisotopic (exact) mass is 331 g/mol. The molecule has 0 bridgehead atoms. The SMILES string of the molecule is COc1ccc(NC(=O)c2coc(NC(=O)C3CC3)n2)c(OC)c1. The fourth-order valence-corrected chi connectivity index (χ4v) is 2.08. The highest BCUT2D eigenvalue weighted by molar-refractivity contribution is 6.04. The molecule has 0 radical (unpaired) electrons. The van der Waals surface area contributed by atoms with Gasteiger partial charge in [-0.2, -0.15) is 4.98 Å². The van der Waals surface area contributed by atoms with Gasteiger partial charge in [-0.3, -0.25) is 14.9 Å². The zero-order chi connectivity index (χ0) is 17.1. The molecule has 1 aliphatic rings. The summed E-state index contributed by atoms with van der Waals surface area (Å²) >= 11 is 0. The van der Waals surface area contributed by atoms with Crippen LogP contribution in [-0.2, 0) is 4.79 Å². The number of oxazole rings is 1. The van der Waals surface area contributed by atoms with Crippen molar-refractivity contribution in [3.8, 4) is 11.5 Å². The van der Waals surface area contributed by atoms with Gasteiger partial charge in [0.05, 0.1) is 19.9 Å². The van der Waals surface area contributed by atoms with Crippen LogP contribution < -0.4 is 20.1 Å². The number of hydrogen-bond acceptors (Lipinski definition) is 6. The van der Waals surface area contributed by atoms with E-state index in [1.165, 1.54) is 13.4 Å². The molecule has 8 heteroatoms. The summed E-state index contributed by atoms with van der Waals surface area (Å²) in [6, 6.07) is 5.02. The lowest BCUT2D eigenvalue weighted by atomic mass is 10.2. The molecular formula is C16H17N3O5. The van der Waals surface area contributed by atoms with Crippen LogP contribution in [0.1, 0.15) is 23.3 Å². The van der Waals surface area contributed by atoms with Gasteiger partial charge >= 0.3 is 6.01 Å². The number of benzene rings is 1. The number of carbonyl (C=O) groups is 2. The van der Waals surface area contributed by atoms with Gasteiger partial charge in [0.25, 0.3) is 5.91 Å². The largest absolute Gasteiger partial charge is 0.497 e. The van der Waals surface area contributed by atoms with Crippen LogP contribution in [0.3, 0.4) is 0 Å². The van der Waals surface area contributed by atoms with Crippen molar-refractivity contribution >= 4 is 23.5 Å². The number of rotatable bonds is 6. The predicted octanol–water partition coefficient (Wildman–Crippen LogP) is 2.29. The Hall–Kier alpha value is -3.03. The number of aromatic nitrogens is 1. The Bertz CT molecular complexity index is 767. The molecule has 2 aromatic rings. The van der Waals surface area contributed by atoms with E-state index in [9.17, 15) is 9.59 Å². The Kier molecular flexibility index (Phi) is 4.37. The number of nitrogens with zero attached hydrogens (tertiary/aromatic N) is 1. The lowest BCUT2D eigenvalue weighted by molar-refractivity contribution is -0.117. The van der Waals surface area contributed by atoms with Gasteiger partial charge < -0.3 is 19.2 Å². The molecule has 1 saturated carbocycles. The summed E-state index contributed by atoms with van der Waals surface area (Å²) in [4.78, 5) is 27.9. The van der Waals surface area contributed by atoms with E-state index >= 15 is 0 Å². The third kappa shape index (κ3) is 3.48. The second-order valence-electron chi connectivity index (χ2n) is 5.32. The molecule has 1 heterocycles. The molecule has 1 aliphatic carbocycles. The van der Waals surface area contributed by atoms with E-state index in [2.05, 4.69) is 15.6 Å². The summed E-state index contributed by atoms with van der Waals surface area (Å²) in [5.74, 6) is 0.470. The molecule has 24 heavy (non-hydrogen) atoms. The molecule has 1 fully saturated rings. The molecule has 0 spiro atoms. The van der Waals surface area contributed by atoms with E-state index in [0.29, 0.717) is 17.2 Å². The zero-order valence-electron chi connectivity index (χ0n) is 13.3. The molecule has 0 saturated heterocycles. The Labute approximate surface area is 138 Å². The molecule has 8 nitrogen and oxygen atoms in total.